The number of aliphatic imine (C=N–C) groups is 1. The molecule has 1 aliphatic rings. The fraction of sp³-hybridized carbons (Fsp3) is 0.0833. The van der Waals surface area contributed by atoms with E-state index in [-0.39, 0.29) is 12.3 Å². The zero-order valence-electron chi connectivity index (χ0n) is 8.88. The highest BCUT2D eigenvalue weighted by Gasteiger charge is 2.18. The molecule has 0 spiro atoms. The van der Waals surface area contributed by atoms with E-state index < -0.39 is 0 Å². The predicted molar refractivity (Wildman–Crippen MR) is 62.4 cm³/mol. The van der Waals surface area contributed by atoms with E-state index >= 15 is 0 Å². The number of carbonyl (C=O) groups is 1. The van der Waals surface area contributed by atoms with Crippen LogP contribution in [0.4, 0.5) is 11.5 Å². The van der Waals surface area contributed by atoms with Gasteiger partial charge in [-0.25, -0.2) is 9.98 Å². The number of carbonyl (C=O) groups excluding carboxylic acids is 1. The first-order valence-electron chi connectivity index (χ1n) is 5.19. The van der Waals surface area contributed by atoms with Crippen LogP contribution in [0.1, 0.15) is 12.2 Å². The monoisotopic (exact) mass is 227 g/mol. The van der Waals surface area contributed by atoms with E-state index in [1.807, 2.05) is 0 Å². The van der Waals surface area contributed by atoms with Gasteiger partial charge in [0.1, 0.15) is 11.4 Å². The molecule has 1 amide bonds. The number of amides is 1. The van der Waals surface area contributed by atoms with Crippen LogP contribution in [0, 0.1) is 0 Å². The Morgan fingerprint density at radius 2 is 2.24 bits per heavy atom. The van der Waals surface area contributed by atoms with Gasteiger partial charge in [0.15, 0.2) is 5.82 Å². The van der Waals surface area contributed by atoms with Gasteiger partial charge in [-0.3, -0.25) is 4.79 Å². The summed E-state index contributed by atoms with van der Waals surface area (Å²) < 4.78 is 5.26. The average molecular weight is 227 g/mol. The number of nitrogens with one attached hydrogen (secondary N) is 1. The van der Waals surface area contributed by atoms with Gasteiger partial charge < -0.3 is 9.73 Å². The summed E-state index contributed by atoms with van der Waals surface area (Å²) in [5.74, 6) is 0.952. The summed E-state index contributed by atoms with van der Waals surface area (Å²) in [4.78, 5) is 20.2. The molecule has 5 heteroatoms. The molecule has 0 aliphatic carbocycles. The molecule has 3 rings (SSSR count). The van der Waals surface area contributed by atoms with Crippen molar-refractivity contribution >= 4 is 23.1 Å². The Hall–Kier alpha value is -2.43. The van der Waals surface area contributed by atoms with Crippen LogP contribution in [0.2, 0.25) is 0 Å². The van der Waals surface area contributed by atoms with E-state index in [2.05, 4.69) is 15.3 Å². The highest BCUT2D eigenvalue weighted by atomic mass is 16.3. The minimum Gasteiger partial charge on any atom is -0.463 e. The molecule has 0 radical (unpaired) electrons. The van der Waals surface area contributed by atoms with Crippen LogP contribution in [0.5, 0.6) is 0 Å². The lowest BCUT2D eigenvalue weighted by atomic mass is 10.2. The summed E-state index contributed by atoms with van der Waals surface area (Å²) in [5.41, 5.74) is 1.25. The first-order valence-corrected chi connectivity index (χ1v) is 5.19. The van der Waals surface area contributed by atoms with Crippen LogP contribution in [0.3, 0.4) is 0 Å². The molecule has 2 aromatic heterocycles. The van der Waals surface area contributed by atoms with E-state index in [0.29, 0.717) is 23.0 Å². The SMILES string of the molecule is O=C1CC(c2ccco2)=Nc2cccnc2N1. The Balaban J connectivity index is 2.11. The lowest BCUT2D eigenvalue weighted by molar-refractivity contribution is -0.115. The lowest BCUT2D eigenvalue weighted by Crippen LogP contribution is -2.15. The number of nitrogens with zero attached hydrogens (tertiary/aromatic N) is 2. The van der Waals surface area contributed by atoms with Gasteiger partial charge >= 0.3 is 0 Å². The van der Waals surface area contributed by atoms with Crippen LogP contribution in [0.25, 0.3) is 0 Å². The summed E-state index contributed by atoms with van der Waals surface area (Å²) in [6.07, 6.45) is 3.36. The Morgan fingerprint density at radius 1 is 1.29 bits per heavy atom. The first kappa shape index (κ1) is 9.77. The summed E-state index contributed by atoms with van der Waals surface area (Å²) >= 11 is 0. The van der Waals surface area contributed by atoms with Gasteiger partial charge in [0, 0.05) is 6.20 Å². The summed E-state index contributed by atoms with van der Waals surface area (Å²) in [7, 11) is 0. The fourth-order valence-electron chi connectivity index (χ4n) is 1.68. The van der Waals surface area contributed by atoms with Crippen molar-refractivity contribution in [3.63, 3.8) is 0 Å². The number of pyridine rings is 1. The van der Waals surface area contributed by atoms with Crippen LogP contribution in [0.15, 0.2) is 46.1 Å². The van der Waals surface area contributed by atoms with Gasteiger partial charge in [-0.1, -0.05) is 0 Å². The van der Waals surface area contributed by atoms with Crippen LogP contribution in [-0.2, 0) is 4.79 Å². The molecule has 17 heavy (non-hydrogen) atoms. The summed E-state index contributed by atoms with van der Waals surface area (Å²) in [6, 6.07) is 7.13. The third-order valence-corrected chi connectivity index (χ3v) is 2.43. The molecule has 0 saturated heterocycles. The minimum atomic E-state index is -0.141. The lowest BCUT2D eigenvalue weighted by Gasteiger charge is -2.00. The molecular weight excluding hydrogens is 218 g/mol. The molecule has 1 aliphatic heterocycles. The number of rotatable bonds is 1. The first-order chi connectivity index (χ1) is 8.33. The largest absolute Gasteiger partial charge is 0.463 e. The molecule has 1 N–H and O–H groups in total. The molecule has 0 bridgehead atoms. The van der Waals surface area contributed by atoms with Gasteiger partial charge in [-0.15, -0.1) is 0 Å². The second-order valence-electron chi connectivity index (χ2n) is 3.63. The maximum Gasteiger partial charge on any atom is 0.231 e. The normalized spacial score (nSPS) is 14.6. The smallest absolute Gasteiger partial charge is 0.231 e. The Morgan fingerprint density at radius 3 is 3.06 bits per heavy atom. The maximum atomic E-state index is 11.7. The van der Waals surface area contributed by atoms with Crippen molar-refractivity contribution in [2.24, 2.45) is 4.99 Å². The second kappa shape index (κ2) is 3.86. The number of anilines is 1. The number of fused-ring (bicyclic) bond motifs is 1. The van der Waals surface area contributed by atoms with Gasteiger partial charge in [-0.05, 0) is 24.3 Å². The molecule has 0 unspecified atom stereocenters. The number of aromatic nitrogens is 1. The number of furan rings is 1. The van der Waals surface area contributed by atoms with E-state index in [1.165, 1.54) is 0 Å². The summed E-state index contributed by atoms with van der Waals surface area (Å²) in [6.45, 7) is 0. The molecule has 84 valence electrons. The number of hydrogen-bond acceptors (Lipinski definition) is 4. The van der Waals surface area contributed by atoms with Gasteiger partial charge in [-0.2, -0.15) is 0 Å². The van der Waals surface area contributed by atoms with Gasteiger partial charge in [0.25, 0.3) is 0 Å². The molecule has 0 atom stereocenters. The average Bonchev–Trinajstić information content (AvgIpc) is 2.79. The molecule has 5 nitrogen and oxygen atoms in total. The predicted octanol–water partition coefficient (Wildman–Crippen LogP) is 2.14. The van der Waals surface area contributed by atoms with Crippen molar-refractivity contribution < 1.29 is 9.21 Å². The molecule has 0 fully saturated rings. The minimum absolute atomic E-state index is 0.141. The fourth-order valence-corrected chi connectivity index (χ4v) is 1.68. The van der Waals surface area contributed by atoms with Crippen molar-refractivity contribution in [1.29, 1.82) is 0 Å². The quantitative estimate of drug-likeness (QED) is 0.811. The van der Waals surface area contributed by atoms with Crippen molar-refractivity contribution in [2.75, 3.05) is 5.32 Å². The standard InChI is InChI=1S/C12H9N3O2/c16-11-7-9(10-4-2-6-17-10)14-8-3-1-5-13-12(8)15-11/h1-6H,7H2,(H,13,15,16). The van der Waals surface area contributed by atoms with E-state index in [0.717, 1.165) is 0 Å². The van der Waals surface area contributed by atoms with Gasteiger partial charge in [0.2, 0.25) is 5.91 Å². The number of hydrogen-bond donors (Lipinski definition) is 1. The highest BCUT2D eigenvalue weighted by molar-refractivity contribution is 6.15. The van der Waals surface area contributed by atoms with Crippen LogP contribution >= 0.6 is 0 Å². The summed E-state index contributed by atoms with van der Waals surface area (Å²) in [5, 5.41) is 2.71. The highest BCUT2D eigenvalue weighted by Crippen LogP contribution is 2.26. The van der Waals surface area contributed by atoms with Crippen molar-refractivity contribution in [2.45, 2.75) is 6.42 Å². The topological polar surface area (TPSA) is 67.5 Å². The molecule has 3 heterocycles. The van der Waals surface area contributed by atoms with E-state index in [1.54, 1.807) is 36.7 Å². The molecule has 2 aromatic rings. The third kappa shape index (κ3) is 1.82. The van der Waals surface area contributed by atoms with E-state index in [4.69, 9.17) is 4.42 Å². The zero-order chi connectivity index (χ0) is 11.7. The van der Waals surface area contributed by atoms with Crippen molar-refractivity contribution in [3.05, 3.63) is 42.5 Å². The van der Waals surface area contributed by atoms with Crippen LogP contribution < -0.4 is 5.32 Å². The molecular formula is C12H9N3O2. The molecule has 0 aromatic carbocycles. The zero-order valence-corrected chi connectivity index (χ0v) is 8.88. The second-order valence-corrected chi connectivity index (χ2v) is 3.63. The van der Waals surface area contributed by atoms with Crippen LogP contribution in [-0.4, -0.2) is 16.6 Å². The van der Waals surface area contributed by atoms with E-state index in [9.17, 15) is 4.79 Å². The molecule has 0 saturated carbocycles. The maximum absolute atomic E-state index is 11.7. The van der Waals surface area contributed by atoms with Crippen molar-refractivity contribution in [3.8, 4) is 0 Å². The Bertz CT molecular complexity index is 588. The third-order valence-electron chi connectivity index (χ3n) is 2.43. The van der Waals surface area contributed by atoms with Crippen molar-refractivity contribution in [1.82, 2.24) is 4.98 Å². The van der Waals surface area contributed by atoms with Gasteiger partial charge in [0.05, 0.1) is 18.4 Å². The Labute approximate surface area is 97.2 Å². The Kier molecular flexibility index (Phi) is 2.22.